The molecule has 0 saturated carbocycles. The number of hydrogen-bond acceptors (Lipinski definition) is 2. The van der Waals surface area contributed by atoms with Crippen molar-refractivity contribution in [2.24, 2.45) is 0 Å². The molecule has 1 heterocycles. The van der Waals surface area contributed by atoms with Gasteiger partial charge in [-0.15, -0.1) is 0 Å². The topological polar surface area (TPSA) is 24.9 Å². The van der Waals surface area contributed by atoms with Crippen LogP contribution >= 0.6 is 11.6 Å². The number of aryl methyl sites for hydroxylation is 1. The van der Waals surface area contributed by atoms with Crippen molar-refractivity contribution in [3.8, 4) is 0 Å². The van der Waals surface area contributed by atoms with Crippen LogP contribution in [0.1, 0.15) is 11.1 Å². The van der Waals surface area contributed by atoms with Crippen molar-refractivity contribution >= 4 is 33.9 Å². The van der Waals surface area contributed by atoms with E-state index < -0.39 is 0 Å². The fraction of sp³-hybridized carbons (Fsp3) is 0.118. The van der Waals surface area contributed by atoms with Gasteiger partial charge in [-0.3, -0.25) is 4.98 Å². The summed E-state index contributed by atoms with van der Waals surface area (Å²) in [5.41, 5.74) is 5.32. The molecule has 0 atom stereocenters. The van der Waals surface area contributed by atoms with E-state index in [1.54, 1.807) is 0 Å². The molecule has 0 fully saturated rings. The lowest BCUT2D eigenvalue weighted by molar-refractivity contribution is 1.38. The summed E-state index contributed by atoms with van der Waals surface area (Å²) in [5.74, 6) is 0. The van der Waals surface area contributed by atoms with E-state index in [0.29, 0.717) is 0 Å². The van der Waals surface area contributed by atoms with E-state index in [1.807, 2.05) is 43.5 Å². The number of halogens is 1. The summed E-state index contributed by atoms with van der Waals surface area (Å²) < 4.78 is 0. The first-order valence-electron chi connectivity index (χ1n) is 6.52. The lowest BCUT2D eigenvalue weighted by atomic mass is 10.1. The normalized spacial score (nSPS) is 10.8. The maximum atomic E-state index is 6.17. The molecule has 2 nitrogen and oxygen atoms in total. The second kappa shape index (κ2) is 5.14. The summed E-state index contributed by atoms with van der Waals surface area (Å²) in [6, 6.07) is 14.1. The number of rotatable bonds is 2. The molecule has 0 radical (unpaired) electrons. The highest BCUT2D eigenvalue weighted by atomic mass is 35.5. The molecular formula is C17H15ClN2. The van der Waals surface area contributed by atoms with Crippen LogP contribution in [-0.2, 0) is 0 Å². The Morgan fingerprint density at radius 3 is 2.70 bits per heavy atom. The number of nitrogens with one attached hydrogen (secondary N) is 1. The molecule has 0 amide bonds. The van der Waals surface area contributed by atoms with Gasteiger partial charge in [-0.05, 0) is 49.7 Å². The second-order valence-electron chi connectivity index (χ2n) is 4.92. The summed E-state index contributed by atoms with van der Waals surface area (Å²) >= 11 is 6.17. The number of pyridine rings is 1. The molecule has 20 heavy (non-hydrogen) atoms. The van der Waals surface area contributed by atoms with Crippen LogP contribution in [0.25, 0.3) is 10.9 Å². The van der Waals surface area contributed by atoms with Gasteiger partial charge in [0.25, 0.3) is 0 Å². The first-order chi connectivity index (χ1) is 9.65. The van der Waals surface area contributed by atoms with Crippen LogP contribution in [0.2, 0.25) is 5.02 Å². The molecule has 0 spiro atoms. The van der Waals surface area contributed by atoms with Crippen molar-refractivity contribution in [1.29, 1.82) is 0 Å². The molecule has 0 aliphatic rings. The highest BCUT2D eigenvalue weighted by Crippen LogP contribution is 2.29. The first kappa shape index (κ1) is 12.9. The molecule has 0 unspecified atom stereocenters. The maximum Gasteiger partial charge on any atom is 0.0723 e. The minimum atomic E-state index is 0.768. The van der Waals surface area contributed by atoms with E-state index in [-0.39, 0.29) is 0 Å². The Bertz CT molecular complexity index is 781. The molecular weight excluding hydrogens is 268 g/mol. The van der Waals surface area contributed by atoms with E-state index in [4.69, 9.17) is 11.6 Å². The molecule has 3 rings (SSSR count). The molecule has 2 aromatic carbocycles. The van der Waals surface area contributed by atoms with Crippen LogP contribution in [0, 0.1) is 13.8 Å². The molecule has 0 bridgehead atoms. The van der Waals surface area contributed by atoms with Crippen LogP contribution in [0.15, 0.2) is 48.7 Å². The van der Waals surface area contributed by atoms with E-state index in [1.165, 1.54) is 5.56 Å². The Kier molecular flexibility index (Phi) is 3.33. The Morgan fingerprint density at radius 2 is 1.85 bits per heavy atom. The Morgan fingerprint density at radius 1 is 1.00 bits per heavy atom. The van der Waals surface area contributed by atoms with Gasteiger partial charge in [0.05, 0.1) is 5.52 Å². The van der Waals surface area contributed by atoms with Crippen molar-refractivity contribution in [3.05, 3.63) is 64.8 Å². The minimum Gasteiger partial charge on any atom is -0.355 e. The average Bonchev–Trinajstić information content (AvgIpc) is 2.44. The van der Waals surface area contributed by atoms with E-state index in [9.17, 15) is 0 Å². The third-order valence-electron chi connectivity index (χ3n) is 3.43. The molecule has 1 N–H and O–H groups in total. The smallest absolute Gasteiger partial charge is 0.0723 e. The summed E-state index contributed by atoms with van der Waals surface area (Å²) in [6.07, 6.45) is 1.82. The summed E-state index contributed by atoms with van der Waals surface area (Å²) in [4.78, 5) is 4.40. The molecule has 0 aliphatic carbocycles. The number of benzene rings is 2. The van der Waals surface area contributed by atoms with Crippen molar-refractivity contribution < 1.29 is 0 Å². The van der Waals surface area contributed by atoms with Crippen LogP contribution in [0.4, 0.5) is 11.4 Å². The van der Waals surface area contributed by atoms with Crippen molar-refractivity contribution in [1.82, 2.24) is 4.98 Å². The van der Waals surface area contributed by atoms with Gasteiger partial charge in [-0.2, -0.15) is 0 Å². The number of fused-ring (bicyclic) bond motifs is 1. The van der Waals surface area contributed by atoms with Crippen molar-refractivity contribution in [2.45, 2.75) is 13.8 Å². The Labute approximate surface area is 123 Å². The largest absolute Gasteiger partial charge is 0.355 e. The zero-order valence-electron chi connectivity index (χ0n) is 11.4. The summed E-state index contributed by atoms with van der Waals surface area (Å²) in [5, 5.41) is 5.34. The van der Waals surface area contributed by atoms with Gasteiger partial charge in [0.1, 0.15) is 0 Å². The zero-order chi connectivity index (χ0) is 14.1. The van der Waals surface area contributed by atoms with E-state index in [0.717, 1.165) is 32.9 Å². The van der Waals surface area contributed by atoms with Crippen LogP contribution in [0.3, 0.4) is 0 Å². The van der Waals surface area contributed by atoms with E-state index in [2.05, 4.69) is 29.4 Å². The van der Waals surface area contributed by atoms with Gasteiger partial charge in [0, 0.05) is 28.0 Å². The quantitative estimate of drug-likeness (QED) is 0.694. The fourth-order valence-electron chi connectivity index (χ4n) is 2.26. The van der Waals surface area contributed by atoms with Crippen LogP contribution in [0.5, 0.6) is 0 Å². The molecule has 1 aromatic heterocycles. The van der Waals surface area contributed by atoms with Gasteiger partial charge in [0.2, 0.25) is 0 Å². The number of hydrogen-bond donors (Lipinski definition) is 1. The van der Waals surface area contributed by atoms with Gasteiger partial charge >= 0.3 is 0 Å². The second-order valence-corrected chi connectivity index (χ2v) is 5.32. The Hall–Kier alpha value is -2.06. The lowest BCUT2D eigenvalue weighted by Gasteiger charge is -2.13. The zero-order valence-corrected chi connectivity index (χ0v) is 12.2. The van der Waals surface area contributed by atoms with Crippen molar-refractivity contribution in [2.75, 3.05) is 5.32 Å². The third kappa shape index (κ3) is 2.35. The van der Waals surface area contributed by atoms with Gasteiger partial charge < -0.3 is 5.32 Å². The highest BCUT2D eigenvalue weighted by molar-refractivity contribution is 6.31. The fourth-order valence-corrected chi connectivity index (χ4v) is 2.43. The van der Waals surface area contributed by atoms with Gasteiger partial charge in [-0.1, -0.05) is 29.3 Å². The maximum absolute atomic E-state index is 6.17. The third-order valence-corrected chi connectivity index (χ3v) is 3.84. The standard InChI is InChI=1S/C17H15ClN2/c1-11-6-7-16-13(10-11)17(8-9-19-16)20-15-5-3-4-14(18)12(15)2/h3-10H,1-2H3,(H,19,20). The first-order valence-corrected chi connectivity index (χ1v) is 6.90. The predicted octanol–water partition coefficient (Wildman–Crippen LogP) is 5.25. The predicted molar refractivity (Wildman–Crippen MR) is 86.0 cm³/mol. The molecule has 0 aliphatic heterocycles. The lowest BCUT2D eigenvalue weighted by Crippen LogP contribution is -1.95. The van der Waals surface area contributed by atoms with Gasteiger partial charge in [0.15, 0.2) is 0 Å². The number of anilines is 2. The van der Waals surface area contributed by atoms with Crippen LogP contribution in [-0.4, -0.2) is 4.98 Å². The van der Waals surface area contributed by atoms with Crippen molar-refractivity contribution in [3.63, 3.8) is 0 Å². The summed E-state index contributed by atoms with van der Waals surface area (Å²) in [6.45, 7) is 4.10. The minimum absolute atomic E-state index is 0.768. The highest BCUT2D eigenvalue weighted by Gasteiger charge is 2.06. The molecule has 0 saturated heterocycles. The molecule has 3 heteroatoms. The monoisotopic (exact) mass is 282 g/mol. The summed E-state index contributed by atoms with van der Waals surface area (Å²) in [7, 11) is 0. The SMILES string of the molecule is Cc1ccc2nccc(Nc3cccc(Cl)c3C)c2c1. The van der Waals surface area contributed by atoms with E-state index >= 15 is 0 Å². The number of aromatic nitrogens is 1. The average molecular weight is 283 g/mol. The molecule has 3 aromatic rings. The number of nitrogens with zero attached hydrogens (tertiary/aromatic N) is 1. The molecule has 100 valence electrons. The Balaban J connectivity index is 2.11. The van der Waals surface area contributed by atoms with Gasteiger partial charge in [-0.25, -0.2) is 0 Å². The van der Waals surface area contributed by atoms with Crippen LogP contribution < -0.4 is 5.32 Å².